The van der Waals surface area contributed by atoms with Crippen LogP contribution in [0.4, 0.5) is 0 Å². The van der Waals surface area contributed by atoms with Gasteiger partial charge in [-0.1, -0.05) is 32.9 Å². The largest absolute Gasteiger partial charge is 0.508 e. The van der Waals surface area contributed by atoms with E-state index in [2.05, 4.69) is 52.9 Å². The van der Waals surface area contributed by atoms with Gasteiger partial charge in [-0.05, 0) is 37.8 Å². The zero-order valence-corrected chi connectivity index (χ0v) is 11.9. The number of hydrogen-bond donors (Lipinski definition) is 2. The van der Waals surface area contributed by atoms with Crippen LogP contribution in [0.1, 0.15) is 52.7 Å². The highest BCUT2D eigenvalue weighted by molar-refractivity contribution is 5.38. The van der Waals surface area contributed by atoms with Crippen molar-refractivity contribution in [3.05, 3.63) is 29.3 Å². The van der Waals surface area contributed by atoms with Crippen LogP contribution < -0.4 is 5.32 Å². The molecule has 0 heterocycles. The summed E-state index contributed by atoms with van der Waals surface area (Å²) in [5.74, 6) is 0.370. The van der Waals surface area contributed by atoms with Crippen molar-refractivity contribution in [2.75, 3.05) is 0 Å². The van der Waals surface area contributed by atoms with Gasteiger partial charge in [-0.25, -0.2) is 0 Å². The third kappa shape index (κ3) is 4.39. The Kier molecular flexibility index (Phi) is 3.88. The molecule has 0 fully saturated rings. The van der Waals surface area contributed by atoms with Gasteiger partial charge in [0.25, 0.3) is 0 Å². The van der Waals surface area contributed by atoms with Crippen LogP contribution in [0.25, 0.3) is 0 Å². The second-order valence-corrected chi connectivity index (χ2v) is 6.70. The minimum absolute atomic E-state index is 0.0597. The van der Waals surface area contributed by atoms with Gasteiger partial charge in [0, 0.05) is 17.6 Å². The fraction of sp³-hybridized carbons (Fsp3) is 0.600. The monoisotopic (exact) mass is 235 g/mol. The number of rotatable bonds is 2. The number of nitrogens with one attached hydrogen (secondary N) is 1. The van der Waals surface area contributed by atoms with Gasteiger partial charge in [0.15, 0.2) is 0 Å². The summed E-state index contributed by atoms with van der Waals surface area (Å²) in [5.41, 5.74) is 2.39. The van der Waals surface area contributed by atoms with Crippen molar-refractivity contribution in [1.29, 1.82) is 0 Å². The maximum Gasteiger partial charge on any atom is 0.120 e. The van der Waals surface area contributed by atoms with Gasteiger partial charge in [-0.2, -0.15) is 0 Å². The molecule has 2 heteroatoms. The van der Waals surface area contributed by atoms with Crippen LogP contribution in [0.2, 0.25) is 0 Å². The van der Waals surface area contributed by atoms with E-state index >= 15 is 0 Å². The quantitative estimate of drug-likeness (QED) is 0.821. The third-order valence-electron chi connectivity index (χ3n) is 2.75. The van der Waals surface area contributed by atoms with Crippen molar-refractivity contribution >= 4 is 0 Å². The first-order valence-electron chi connectivity index (χ1n) is 6.17. The fourth-order valence-corrected chi connectivity index (χ4v) is 1.55. The van der Waals surface area contributed by atoms with E-state index in [9.17, 15) is 5.11 Å². The zero-order chi connectivity index (χ0) is 13.3. The Morgan fingerprint density at radius 3 is 2.12 bits per heavy atom. The number of benzene rings is 1. The highest BCUT2D eigenvalue weighted by Crippen LogP contribution is 2.27. The van der Waals surface area contributed by atoms with Crippen LogP contribution in [-0.4, -0.2) is 10.6 Å². The summed E-state index contributed by atoms with van der Waals surface area (Å²) in [5, 5.41) is 13.3. The Balaban J connectivity index is 2.92. The Labute approximate surface area is 105 Å². The normalized spacial score (nSPS) is 12.8. The maximum atomic E-state index is 9.86. The van der Waals surface area contributed by atoms with Crippen LogP contribution in [0.5, 0.6) is 5.75 Å². The minimum atomic E-state index is 0.0597. The van der Waals surface area contributed by atoms with Crippen LogP contribution in [0, 0.1) is 0 Å². The van der Waals surface area contributed by atoms with E-state index in [-0.39, 0.29) is 11.0 Å². The van der Waals surface area contributed by atoms with Crippen molar-refractivity contribution in [2.45, 2.75) is 59.0 Å². The molecule has 2 nitrogen and oxygen atoms in total. The Bertz CT molecular complexity index is 383. The molecule has 0 amide bonds. The zero-order valence-electron chi connectivity index (χ0n) is 11.9. The SMILES string of the molecule is CC(C)(C)NCc1cc(C(C)(C)C)ccc1O. The first-order valence-corrected chi connectivity index (χ1v) is 6.17. The van der Waals surface area contributed by atoms with Crippen molar-refractivity contribution in [2.24, 2.45) is 0 Å². The van der Waals surface area contributed by atoms with Gasteiger partial charge in [-0.15, -0.1) is 0 Å². The topological polar surface area (TPSA) is 32.3 Å². The molecule has 0 radical (unpaired) electrons. The lowest BCUT2D eigenvalue weighted by Gasteiger charge is -2.23. The number of aromatic hydroxyl groups is 1. The second-order valence-electron chi connectivity index (χ2n) is 6.70. The van der Waals surface area contributed by atoms with Crippen LogP contribution in [0.15, 0.2) is 18.2 Å². The molecule has 1 aromatic rings. The molecule has 17 heavy (non-hydrogen) atoms. The summed E-state index contributed by atoms with van der Waals surface area (Å²) in [6.45, 7) is 13.6. The number of phenols is 1. The van der Waals surface area contributed by atoms with Gasteiger partial charge in [0.05, 0.1) is 0 Å². The van der Waals surface area contributed by atoms with E-state index in [0.717, 1.165) is 5.56 Å². The van der Waals surface area contributed by atoms with E-state index in [4.69, 9.17) is 0 Å². The molecule has 2 N–H and O–H groups in total. The molecule has 0 atom stereocenters. The van der Waals surface area contributed by atoms with Gasteiger partial charge in [0.1, 0.15) is 5.75 Å². The maximum absolute atomic E-state index is 9.86. The minimum Gasteiger partial charge on any atom is -0.508 e. The first-order chi connectivity index (χ1) is 7.59. The molecule has 0 aliphatic carbocycles. The summed E-state index contributed by atoms with van der Waals surface area (Å²) in [4.78, 5) is 0. The summed E-state index contributed by atoms with van der Waals surface area (Å²) in [7, 11) is 0. The van der Waals surface area contributed by atoms with Gasteiger partial charge in [0.2, 0.25) is 0 Å². The first kappa shape index (κ1) is 14.0. The molecule has 0 unspecified atom stereocenters. The summed E-state index contributed by atoms with van der Waals surface area (Å²) < 4.78 is 0. The van der Waals surface area contributed by atoms with E-state index in [1.54, 1.807) is 6.07 Å². The lowest BCUT2D eigenvalue weighted by Crippen LogP contribution is -2.35. The molecule has 0 bridgehead atoms. The van der Waals surface area contributed by atoms with E-state index in [1.165, 1.54) is 5.56 Å². The van der Waals surface area contributed by atoms with E-state index in [1.807, 2.05) is 6.07 Å². The molecule has 96 valence electrons. The predicted octanol–water partition coefficient (Wildman–Crippen LogP) is 3.58. The molecule has 0 saturated heterocycles. The van der Waals surface area contributed by atoms with E-state index < -0.39 is 0 Å². The summed E-state index contributed by atoms with van der Waals surface area (Å²) in [6.07, 6.45) is 0. The average molecular weight is 235 g/mol. The third-order valence-corrected chi connectivity index (χ3v) is 2.75. The molecule has 0 saturated carbocycles. The highest BCUT2D eigenvalue weighted by Gasteiger charge is 2.16. The predicted molar refractivity (Wildman–Crippen MR) is 73.4 cm³/mol. The molecule has 1 aromatic carbocycles. The summed E-state index contributed by atoms with van der Waals surface area (Å²) in [6, 6.07) is 5.88. The lowest BCUT2D eigenvalue weighted by molar-refractivity contribution is 0.411. The van der Waals surface area contributed by atoms with Crippen molar-refractivity contribution in [3.63, 3.8) is 0 Å². The lowest BCUT2D eigenvalue weighted by atomic mass is 9.86. The van der Waals surface area contributed by atoms with Crippen LogP contribution in [0.3, 0.4) is 0 Å². The van der Waals surface area contributed by atoms with Gasteiger partial charge in [-0.3, -0.25) is 0 Å². The molecule has 0 spiro atoms. The molecule has 1 rings (SSSR count). The van der Waals surface area contributed by atoms with Crippen LogP contribution >= 0.6 is 0 Å². The fourth-order valence-electron chi connectivity index (χ4n) is 1.55. The second kappa shape index (κ2) is 4.69. The average Bonchev–Trinajstić information content (AvgIpc) is 2.13. The smallest absolute Gasteiger partial charge is 0.120 e. The van der Waals surface area contributed by atoms with Crippen LogP contribution in [-0.2, 0) is 12.0 Å². The van der Waals surface area contributed by atoms with Gasteiger partial charge >= 0.3 is 0 Å². The Hall–Kier alpha value is -1.02. The molecule has 0 aromatic heterocycles. The molecule has 0 aliphatic rings. The van der Waals surface area contributed by atoms with E-state index in [0.29, 0.717) is 12.3 Å². The van der Waals surface area contributed by atoms with Crippen molar-refractivity contribution < 1.29 is 5.11 Å². The van der Waals surface area contributed by atoms with Gasteiger partial charge < -0.3 is 10.4 Å². The Morgan fingerprint density at radius 1 is 1.06 bits per heavy atom. The molecular weight excluding hydrogens is 210 g/mol. The van der Waals surface area contributed by atoms with Crippen molar-refractivity contribution in [1.82, 2.24) is 5.32 Å². The standard InChI is InChI=1S/C15H25NO/c1-14(2,3)12-7-8-13(17)11(9-12)10-16-15(4,5)6/h7-9,16-17H,10H2,1-6H3. The number of phenolic OH excluding ortho intramolecular Hbond substituents is 1. The van der Waals surface area contributed by atoms with Crippen molar-refractivity contribution in [3.8, 4) is 5.75 Å². The highest BCUT2D eigenvalue weighted by atomic mass is 16.3. The number of hydrogen-bond acceptors (Lipinski definition) is 2. The molecule has 0 aliphatic heterocycles. The Morgan fingerprint density at radius 2 is 1.65 bits per heavy atom. The summed E-state index contributed by atoms with van der Waals surface area (Å²) >= 11 is 0. The molecular formula is C15H25NO.